The van der Waals surface area contributed by atoms with Crippen molar-refractivity contribution in [2.24, 2.45) is 0 Å². The number of rotatable bonds is 5. The molecule has 1 heterocycles. The van der Waals surface area contributed by atoms with Gasteiger partial charge in [-0.1, -0.05) is 17.7 Å². The van der Waals surface area contributed by atoms with E-state index >= 15 is 0 Å². The fourth-order valence-corrected chi connectivity index (χ4v) is 2.08. The molecule has 0 unspecified atom stereocenters. The molecule has 2 aromatic rings. The predicted octanol–water partition coefficient (Wildman–Crippen LogP) is 3.62. The Kier molecular flexibility index (Phi) is 4.63. The van der Waals surface area contributed by atoms with Gasteiger partial charge in [0.2, 0.25) is 5.75 Å². The summed E-state index contributed by atoms with van der Waals surface area (Å²) in [6.45, 7) is 4.73. The summed E-state index contributed by atoms with van der Waals surface area (Å²) < 4.78 is 5.37. The number of benzene rings is 1. The van der Waals surface area contributed by atoms with E-state index in [0.29, 0.717) is 22.4 Å². The Balaban J connectivity index is 2.35. The zero-order valence-corrected chi connectivity index (χ0v) is 12.5. The molecule has 0 bridgehead atoms. The number of nitrogens with zero attached hydrogens (tertiary/aromatic N) is 2. The number of aryl methyl sites for hydroxylation is 1. The molecule has 2 N–H and O–H groups in total. The van der Waals surface area contributed by atoms with Gasteiger partial charge in [0.05, 0.1) is 17.8 Å². The van der Waals surface area contributed by atoms with Crippen LogP contribution in [0.15, 0.2) is 24.5 Å². The first kappa shape index (κ1) is 14.4. The van der Waals surface area contributed by atoms with E-state index in [0.717, 1.165) is 17.8 Å². The minimum Gasteiger partial charge on any atom is -0.490 e. The number of aromatic nitrogens is 2. The summed E-state index contributed by atoms with van der Waals surface area (Å²) in [5.74, 6) is 1.78. The molecule has 0 spiro atoms. The van der Waals surface area contributed by atoms with Gasteiger partial charge in [-0.2, -0.15) is 0 Å². The smallest absolute Gasteiger partial charge is 0.204 e. The summed E-state index contributed by atoms with van der Waals surface area (Å²) in [7, 11) is 1.58. The Morgan fingerprint density at radius 2 is 2.00 bits per heavy atom. The summed E-state index contributed by atoms with van der Waals surface area (Å²) in [5.41, 5.74) is 1.88. The Labute approximate surface area is 123 Å². The molecule has 0 amide bonds. The van der Waals surface area contributed by atoms with Crippen molar-refractivity contribution in [3.63, 3.8) is 0 Å². The van der Waals surface area contributed by atoms with Gasteiger partial charge in [-0.15, -0.1) is 0 Å². The summed E-state index contributed by atoms with van der Waals surface area (Å²) in [6.07, 6.45) is 1.48. The van der Waals surface area contributed by atoms with Crippen molar-refractivity contribution in [1.29, 1.82) is 0 Å². The molecule has 0 aliphatic rings. The van der Waals surface area contributed by atoms with Gasteiger partial charge in [0.1, 0.15) is 6.33 Å². The molecule has 0 fully saturated rings. The number of nitrogens with one attached hydrogen (secondary N) is 2. The van der Waals surface area contributed by atoms with E-state index < -0.39 is 0 Å². The molecular weight excluding hydrogens is 276 g/mol. The first-order valence-corrected chi connectivity index (χ1v) is 6.69. The largest absolute Gasteiger partial charge is 0.490 e. The molecule has 0 saturated heterocycles. The van der Waals surface area contributed by atoms with E-state index in [4.69, 9.17) is 16.3 Å². The van der Waals surface area contributed by atoms with E-state index in [1.807, 2.05) is 32.0 Å². The van der Waals surface area contributed by atoms with Crippen molar-refractivity contribution in [2.75, 3.05) is 24.3 Å². The fourth-order valence-electron chi connectivity index (χ4n) is 1.80. The van der Waals surface area contributed by atoms with E-state index in [1.54, 1.807) is 7.11 Å². The highest BCUT2D eigenvalue weighted by Crippen LogP contribution is 2.33. The summed E-state index contributed by atoms with van der Waals surface area (Å²) in [5, 5.41) is 6.93. The highest BCUT2D eigenvalue weighted by atomic mass is 35.5. The lowest BCUT2D eigenvalue weighted by Crippen LogP contribution is -2.06. The maximum absolute atomic E-state index is 6.21. The van der Waals surface area contributed by atoms with Crippen molar-refractivity contribution < 1.29 is 4.74 Å². The lowest BCUT2D eigenvalue weighted by Gasteiger charge is -2.14. The summed E-state index contributed by atoms with van der Waals surface area (Å²) >= 11 is 6.21. The Morgan fingerprint density at radius 3 is 2.65 bits per heavy atom. The average molecular weight is 293 g/mol. The van der Waals surface area contributed by atoms with Gasteiger partial charge in [0, 0.05) is 6.54 Å². The number of hydrogen-bond donors (Lipinski definition) is 2. The third-order valence-corrected chi connectivity index (χ3v) is 3.04. The van der Waals surface area contributed by atoms with Gasteiger partial charge >= 0.3 is 0 Å². The molecule has 0 radical (unpaired) electrons. The van der Waals surface area contributed by atoms with Crippen molar-refractivity contribution in [2.45, 2.75) is 13.8 Å². The van der Waals surface area contributed by atoms with Crippen LogP contribution in [0.4, 0.5) is 17.3 Å². The molecular formula is C14H17ClN4O. The first-order valence-electron chi connectivity index (χ1n) is 6.31. The van der Waals surface area contributed by atoms with E-state index in [-0.39, 0.29) is 0 Å². The number of hydrogen-bond acceptors (Lipinski definition) is 5. The van der Waals surface area contributed by atoms with Gasteiger partial charge < -0.3 is 15.4 Å². The minimum absolute atomic E-state index is 0.561. The lowest BCUT2D eigenvalue weighted by atomic mass is 10.2. The number of anilines is 3. The Hall–Kier alpha value is -2.01. The molecule has 0 atom stereocenters. The van der Waals surface area contributed by atoms with E-state index in [1.165, 1.54) is 6.33 Å². The van der Waals surface area contributed by atoms with E-state index in [9.17, 15) is 0 Å². The molecule has 0 aliphatic carbocycles. The highest BCUT2D eigenvalue weighted by Gasteiger charge is 2.12. The quantitative estimate of drug-likeness (QED) is 0.881. The topological polar surface area (TPSA) is 59.1 Å². The second-order valence-corrected chi connectivity index (χ2v) is 4.65. The third-order valence-electron chi connectivity index (χ3n) is 2.73. The minimum atomic E-state index is 0.561. The van der Waals surface area contributed by atoms with Crippen LogP contribution in [0.5, 0.6) is 5.75 Å². The van der Waals surface area contributed by atoms with Crippen LogP contribution in [0.2, 0.25) is 5.02 Å². The molecule has 0 saturated carbocycles. The molecule has 20 heavy (non-hydrogen) atoms. The van der Waals surface area contributed by atoms with Crippen LogP contribution in [0, 0.1) is 6.92 Å². The van der Waals surface area contributed by atoms with Crippen LogP contribution in [0.25, 0.3) is 0 Å². The first-order chi connectivity index (χ1) is 9.65. The molecule has 1 aromatic carbocycles. The predicted molar refractivity (Wildman–Crippen MR) is 82.2 cm³/mol. The summed E-state index contributed by atoms with van der Waals surface area (Å²) in [4.78, 5) is 8.36. The maximum atomic E-state index is 6.21. The molecule has 5 nitrogen and oxygen atoms in total. The number of halogens is 1. The zero-order chi connectivity index (χ0) is 14.5. The van der Waals surface area contributed by atoms with Crippen LogP contribution in [0.3, 0.4) is 0 Å². The maximum Gasteiger partial charge on any atom is 0.204 e. The highest BCUT2D eigenvalue weighted by molar-refractivity contribution is 6.33. The average Bonchev–Trinajstić information content (AvgIpc) is 2.42. The Bertz CT molecular complexity index is 604. The fraction of sp³-hybridized carbons (Fsp3) is 0.286. The Morgan fingerprint density at radius 1 is 1.25 bits per heavy atom. The van der Waals surface area contributed by atoms with Crippen LogP contribution < -0.4 is 15.4 Å². The molecule has 1 aromatic heterocycles. The summed E-state index contributed by atoms with van der Waals surface area (Å²) in [6, 6.07) is 5.78. The second-order valence-electron chi connectivity index (χ2n) is 4.24. The molecule has 6 heteroatoms. The zero-order valence-electron chi connectivity index (χ0n) is 11.7. The van der Waals surface area contributed by atoms with Crippen LogP contribution >= 0.6 is 11.6 Å². The monoisotopic (exact) mass is 292 g/mol. The van der Waals surface area contributed by atoms with Gasteiger partial charge in [-0.05, 0) is 31.5 Å². The van der Waals surface area contributed by atoms with Crippen LogP contribution in [-0.2, 0) is 0 Å². The van der Waals surface area contributed by atoms with Crippen molar-refractivity contribution in [3.05, 3.63) is 35.1 Å². The van der Waals surface area contributed by atoms with Gasteiger partial charge in [-0.3, -0.25) is 0 Å². The normalized spacial score (nSPS) is 10.2. The van der Waals surface area contributed by atoms with Crippen molar-refractivity contribution in [3.8, 4) is 5.75 Å². The van der Waals surface area contributed by atoms with Crippen molar-refractivity contribution in [1.82, 2.24) is 9.97 Å². The van der Waals surface area contributed by atoms with Gasteiger partial charge in [-0.25, -0.2) is 9.97 Å². The standard InChI is InChI=1S/C14H17ClN4O/c1-4-16-13-12(20-3)14(18-8-17-13)19-11-6-5-9(2)7-10(11)15/h5-8H,4H2,1-3H3,(H2,16,17,18,19). The van der Waals surface area contributed by atoms with Crippen LogP contribution in [-0.4, -0.2) is 23.6 Å². The van der Waals surface area contributed by atoms with Crippen molar-refractivity contribution >= 4 is 28.9 Å². The lowest BCUT2D eigenvalue weighted by molar-refractivity contribution is 0.415. The number of ether oxygens (including phenoxy) is 1. The SMILES string of the molecule is CCNc1ncnc(Nc2ccc(C)cc2Cl)c1OC. The second kappa shape index (κ2) is 6.43. The van der Waals surface area contributed by atoms with Gasteiger partial charge in [0.15, 0.2) is 11.6 Å². The molecule has 106 valence electrons. The molecule has 0 aliphatic heterocycles. The van der Waals surface area contributed by atoms with E-state index in [2.05, 4.69) is 20.6 Å². The molecule has 2 rings (SSSR count). The van der Waals surface area contributed by atoms with Gasteiger partial charge in [0.25, 0.3) is 0 Å². The third kappa shape index (κ3) is 3.11. The van der Waals surface area contributed by atoms with Crippen LogP contribution in [0.1, 0.15) is 12.5 Å². The number of methoxy groups -OCH3 is 1.